The normalized spacial score (nSPS) is 14.3. The van der Waals surface area contributed by atoms with Gasteiger partial charge >= 0.3 is 0 Å². The van der Waals surface area contributed by atoms with Crippen LogP contribution in [-0.2, 0) is 11.2 Å². The highest BCUT2D eigenvalue weighted by molar-refractivity contribution is 5.79. The Labute approximate surface area is 142 Å². The SMILES string of the molecule is Cc1ccccc1CC(=O)N1CCN(c2ccccc2C#N)CC1. The first-order valence-electron chi connectivity index (χ1n) is 8.25. The molecule has 1 fully saturated rings. The maximum absolute atomic E-state index is 12.5. The largest absolute Gasteiger partial charge is 0.367 e. The minimum absolute atomic E-state index is 0.178. The van der Waals surface area contributed by atoms with Crippen molar-refractivity contribution in [2.45, 2.75) is 13.3 Å². The molecule has 4 nitrogen and oxygen atoms in total. The number of aryl methyl sites for hydroxylation is 1. The predicted octanol–water partition coefficient (Wildman–Crippen LogP) is 2.76. The van der Waals surface area contributed by atoms with Crippen LogP contribution in [0.15, 0.2) is 48.5 Å². The van der Waals surface area contributed by atoms with Crippen molar-refractivity contribution in [2.24, 2.45) is 0 Å². The molecule has 0 aromatic heterocycles. The molecule has 0 atom stereocenters. The highest BCUT2D eigenvalue weighted by Crippen LogP contribution is 2.21. The third kappa shape index (κ3) is 3.41. The van der Waals surface area contributed by atoms with E-state index in [-0.39, 0.29) is 5.91 Å². The smallest absolute Gasteiger partial charge is 0.227 e. The molecule has 3 rings (SSSR count). The van der Waals surface area contributed by atoms with Crippen LogP contribution in [0.3, 0.4) is 0 Å². The van der Waals surface area contributed by atoms with Gasteiger partial charge in [-0.1, -0.05) is 36.4 Å². The zero-order valence-electron chi connectivity index (χ0n) is 13.9. The molecule has 0 radical (unpaired) electrons. The molecule has 1 aliphatic heterocycles. The van der Waals surface area contributed by atoms with Gasteiger partial charge in [-0.2, -0.15) is 5.26 Å². The van der Waals surface area contributed by atoms with Crippen molar-refractivity contribution in [2.75, 3.05) is 31.1 Å². The number of nitrogens with zero attached hydrogens (tertiary/aromatic N) is 3. The number of para-hydroxylation sites is 1. The van der Waals surface area contributed by atoms with Gasteiger partial charge in [0.25, 0.3) is 0 Å². The number of rotatable bonds is 3. The molecular weight excluding hydrogens is 298 g/mol. The molecular formula is C20H21N3O. The average molecular weight is 319 g/mol. The third-order valence-electron chi connectivity index (χ3n) is 4.60. The van der Waals surface area contributed by atoms with Gasteiger partial charge in [0.05, 0.1) is 17.7 Å². The molecule has 0 aliphatic carbocycles. The van der Waals surface area contributed by atoms with Gasteiger partial charge in [0, 0.05) is 26.2 Å². The van der Waals surface area contributed by atoms with Gasteiger partial charge in [0.2, 0.25) is 5.91 Å². The molecule has 1 amide bonds. The van der Waals surface area contributed by atoms with Crippen LogP contribution >= 0.6 is 0 Å². The van der Waals surface area contributed by atoms with Gasteiger partial charge < -0.3 is 9.80 Å². The lowest BCUT2D eigenvalue weighted by atomic mass is 10.0. The van der Waals surface area contributed by atoms with Crippen molar-refractivity contribution < 1.29 is 4.79 Å². The number of amides is 1. The number of piperazine rings is 1. The summed E-state index contributed by atoms with van der Waals surface area (Å²) in [7, 11) is 0. The van der Waals surface area contributed by atoms with Crippen LogP contribution in [-0.4, -0.2) is 37.0 Å². The summed E-state index contributed by atoms with van der Waals surface area (Å²) in [5.41, 5.74) is 3.91. The minimum atomic E-state index is 0.178. The van der Waals surface area contributed by atoms with Crippen LogP contribution in [0.1, 0.15) is 16.7 Å². The van der Waals surface area contributed by atoms with Crippen molar-refractivity contribution in [1.82, 2.24) is 4.90 Å². The van der Waals surface area contributed by atoms with E-state index in [2.05, 4.69) is 11.0 Å². The highest BCUT2D eigenvalue weighted by atomic mass is 16.2. The zero-order valence-corrected chi connectivity index (χ0v) is 13.9. The Balaban J connectivity index is 1.62. The second-order valence-electron chi connectivity index (χ2n) is 6.10. The summed E-state index contributed by atoms with van der Waals surface area (Å²) in [5, 5.41) is 9.24. The summed E-state index contributed by atoms with van der Waals surface area (Å²) in [5.74, 6) is 0.178. The summed E-state index contributed by atoms with van der Waals surface area (Å²) < 4.78 is 0. The number of hydrogen-bond acceptors (Lipinski definition) is 3. The predicted molar refractivity (Wildman–Crippen MR) is 94.8 cm³/mol. The van der Waals surface area contributed by atoms with Crippen molar-refractivity contribution in [3.63, 3.8) is 0 Å². The van der Waals surface area contributed by atoms with E-state index in [0.717, 1.165) is 29.9 Å². The van der Waals surface area contributed by atoms with Crippen molar-refractivity contribution in [3.8, 4) is 6.07 Å². The van der Waals surface area contributed by atoms with Crippen LogP contribution in [0.25, 0.3) is 0 Å². The van der Waals surface area contributed by atoms with Gasteiger partial charge in [-0.05, 0) is 30.2 Å². The fraction of sp³-hybridized carbons (Fsp3) is 0.300. The third-order valence-corrected chi connectivity index (χ3v) is 4.60. The van der Waals surface area contributed by atoms with Crippen LogP contribution in [0.2, 0.25) is 0 Å². The first-order chi connectivity index (χ1) is 11.7. The molecule has 0 bridgehead atoms. The summed E-state index contributed by atoms with van der Waals surface area (Å²) >= 11 is 0. The molecule has 2 aromatic rings. The van der Waals surface area contributed by atoms with Crippen LogP contribution in [0, 0.1) is 18.3 Å². The minimum Gasteiger partial charge on any atom is -0.367 e. The first-order valence-corrected chi connectivity index (χ1v) is 8.25. The molecule has 0 saturated carbocycles. The summed E-state index contributed by atoms with van der Waals surface area (Å²) in [4.78, 5) is 16.7. The van der Waals surface area contributed by atoms with Crippen molar-refractivity contribution in [3.05, 3.63) is 65.2 Å². The molecule has 2 aromatic carbocycles. The van der Waals surface area contributed by atoms with E-state index in [1.165, 1.54) is 0 Å². The van der Waals surface area contributed by atoms with Crippen molar-refractivity contribution in [1.29, 1.82) is 5.26 Å². The molecule has 24 heavy (non-hydrogen) atoms. The Kier molecular flexibility index (Phi) is 4.81. The van der Waals surface area contributed by atoms with E-state index >= 15 is 0 Å². The fourth-order valence-corrected chi connectivity index (χ4v) is 3.12. The number of carbonyl (C=O) groups is 1. The van der Waals surface area contributed by atoms with Crippen LogP contribution in [0.4, 0.5) is 5.69 Å². The first kappa shape index (κ1) is 16.1. The van der Waals surface area contributed by atoms with E-state index in [0.29, 0.717) is 25.1 Å². The molecule has 1 aliphatic rings. The lowest BCUT2D eigenvalue weighted by molar-refractivity contribution is -0.130. The van der Waals surface area contributed by atoms with E-state index in [4.69, 9.17) is 0 Å². The Hall–Kier alpha value is -2.80. The van der Waals surface area contributed by atoms with Gasteiger partial charge in [0.1, 0.15) is 6.07 Å². The standard InChI is InChI=1S/C20H21N3O/c1-16-6-2-3-7-17(16)14-20(24)23-12-10-22(11-13-23)19-9-5-4-8-18(19)15-21/h2-9H,10-14H2,1H3. The number of hydrogen-bond donors (Lipinski definition) is 0. The summed E-state index contributed by atoms with van der Waals surface area (Å²) in [6, 6.07) is 17.9. The zero-order chi connectivity index (χ0) is 16.9. The lowest BCUT2D eigenvalue weighted by Crippen LogP contribution is -2.49. The van der Waals surface area contributed by atoms with Gasteiger partial charge in [0.15, 0.2) is 0 Å². The lowest BCUT2D eigenvalue weighted by Gasteiger charge is -2.36. The molecule has 122 valence electrons. The van der Waals surface area contributed by atoms with Gasteiger partial charge in [-0.25, -0.2) is 0 Å². The van der Waals surface area contributed by atoms with E-state index in [9.17, 15) is 10.1 Å². The number of benzene rings is 2. The summed E-state index contributed by atoms with van der Waals surface area (Å²) in [6.45, 7) is 4.96. The molecule has 4 heteroatoms. The molecule has 1 saturated heterocycles. The quantitative estimate of drug-likeness (QED) is 0.874. The average Bonchev–Trinajstić information content (AvgIpc) is 2.63. The van der Waals surface area contributed by atoms with Gasteiger partial charge in [-0.3, -0.25) is 4.79 Å². The monoisotopic (exact) mass is 319 g/mol. The number of carbonyl (C=O) groups excluding carboxylic acids is 1. The maximum atomic E-state index is 12.5. The second-order valence-corrected chi connectivity index (χ2v) is 6.10. The second kappa shape index (κ2) is 7.18. The highest BCUT2D eigenvalue weighted by Gasteiger charge is 2.22. The molecule has 1 heterocycles. The molecule has 0 N–H and O–H groups in total. The van der Waals surface area contributed by atoms with E-state index in [1.807, 2.05) is 60.4 Å². The maximum Gasteiger partial charge on any atom is 0.227 e. The van der Waals surface area contributed by atoms with E-state index in [1.54, 1.807) is 0 Å². The Morgan fingerprint density at radius 2 is 1.71 bits per heavy atom. The van der Waals surface area contributed by atoms with E-state index < -0.39 is 0 Å². The fourth-order valence-electron chi connectivity index (χ4n) is 3.12. The van der Waals surface area contributed by atoms with Gasteiger partial charge in [-0.15, -0.1) is 0 Å². The van der Waals surface area contributed by atoms with Crippen LogP contribution < -0.4 is 4.90 Å². The summed E-state index contributed by atoms with van der Waals surface area (Å²) in [6.07, 6.45) is 0.460. The molecule has 0 spiro atoms. The van der Waals surface area contributed by atoms with Crippen LogP contribution in [0.5, 0.6) is 0 Å². The number of nitriles is 1. The van der Waals surface area contributed by atoms with Crippen molar-refractivity contribution >= 4 is 11.6 Å². The molecule has 0 unspecified atom stereocenters. The Bertz CT molecular complexity index is 770. The topological polar surface area (TPSA) is 47.3 Å². The Morgan fingerprint density at radius 1 is 1.04 bits per heavy atom. The Morgan fingerprint density at radius 3 is 2.42 bits per heavy atom. The number of anilines is 1.